The number of amides is 1. The van der Waals surface area contributed by atoms with Crippen LogP contribution in [0.5, 0.6) is 5.88 Å². The number of nitrogens with two attached hydrogens (primary N) is 1. The standard InChI is InChI=1S/C18H14F3N5O4S/c1-30-18-13(21)4-9-16-14(5-24-17(9)25-18)23-6-15(27)26(16)7-10-11(19)2-8(3-12(10)20)31(22,28)29/h2-5,23H,6-7H2,1H3,(H2,22,28,29). The van der Waals surface area contributed by atoms with Crippen molar-refractivity contribution in [1.82, 2.24) is 9.97 Å². The molecule has 3 aromatic rings. The van der Waals surface area contributed by atoms with Crippen LogP contribution >= 0.6 is 0 Å². The fraction of sp³-hybridized carbons (Fsp3) is 0.167. The lowest BCUT2D eigenvalue weighted by Gasteiger charge is -2.31. The number of carbonyl (C=O) groups excluding carboxylic acids is 1. The summed E-state index contributed by atoms with van der Waals surface area (Å²) < 4.78 is 71.0. The van der Waals surface area contributed by atoms with Gasteiger partial charge in [0.15, 0.2) is 11.5 Å². The Morgan fingerprint density at radius 1 is 1.19 bits per heavy atom. The monoisotopic (exact) mass is 453 g/mol. The molecule has 3 N–H and O–H groups in total. The predicted octanol–water partition coefficient (Wildman–Crippen LogP) is 1.66. The van der Waals surface area contributed by atoms with Crippen LogP contribution < -0.4 is 20.1 Å². The molecule has 4 rings (SSSR count). The molecule has 1 aliphatic rings. The Bertz CT molecular complexity index is 1330. The van der Waals surface area contributed by atoms with Crippen LogP contribution in [0, 0.1) is 17.5 Å². The molecule has 0 saturated heterocycles. The molecule has 0 aliphatic carbocycles. The van der Waals surface area contributed by atoms with Crippen LogP contribution in [0.4, 0.5) is 24.5 Å². The molecule has 3 heterocycles. The van der Waals surface area contributed by atoms with Crippen LogP contribution in [-0.2, 0) is 21.4 Å². The summed E-state index contributed by atoms with van der Waals surface area (Å²) in [6.07, 6.45) is 1.35. The Balaban J connectivity index is 1.87. The van der Waals surface area contributed by atoms with E-state index >= 15 is 0 Å². The summed E-state index contributed by atoms with van der Waals surface area (Å²) in [4.78, 5) is 20.9. The number of halogens is 3. The third-order valence-electron chi connectivity index (χ3n) is 4.70. The van der Waals surface area contributed by atoms with Gasteiger partial charge in [-0.1, -0.05) is 0 Å². The van der Waals surface area contributed by atoms with Gasteiger partial charge in [0.2, 0.25) is 15.9 Å². The van der Waals surface area contributed by atoms with Gasteiger partial charge in [-0.15, -0.1) is 0 Å². The van der Waals surface area contributed by atoms with Gasteiger partial charge in [0.25, 0.3) is 5.88 Å². The van der Waals surface area contributed by atoms with E-state index in [-0.39, 0.29) is 29.1 Å². The van der Waals surface area contributed by atoms with E-state index in [4.69, 9.17) is 9.88 Å². The third-order valence-corrected chi connectivity index (χ3v) is 5.60. The van der Waals surface area contributed by atoms with Gasteiger partial charge in [0.1, 0.15) is 11.6 Å². The van der Waals surface area contributed by atoms with Crippen molar-refractivity contribution >= 4 is 38.3 Å². The minimum atomic E-state index is -4.34. The van der Waals surface area contributed by atoms with Gasteiger partial charge >= 0.3 is 0 Å². The molecular weight excluding hydrogens is 439 g/mol. The second kappa shape index (κ2) is 7.35. The summed E-state index contributed by atoms with van der Waals surface area (Å²) in [6.45, 7) is -0.798. The Morgan fingerprint density at radius 3 is 2.48 bits per heavy atom. The first-order chi connectivity index (χ1) is 14.6. The number of pyridine rings is 2. The fourth-order valence-electron chi connectivity index (χ4n) is 3.24. The van der Waals surface area contributed by atoms with E-state index in [2.05, 4.69) is 15.3 Å². The molecule has 13 heteroatoms. The molecule has 0 bridgehead atoms. The predicted molar refractivity (Wildman–Crippen MR) is 103 cm³/mol. The number of benzene rings is 1. The van der Waals surface area contributed by atoms with Crippen LogP contribution in [0.15, 0.2) is 29.3 Å². The smallest absolute Gasteiger partial charge is 0.252 e. The van der Waals surface area contributed by atoms with E-state index in [0.717, 1.165) is 11.0 Å². The van der Waals surface area contributed by atoms with Crippen molar-refractivity contribution in [2.75, 3.05) is 23.9 Å². The van der Waals surface area contributed by atoms with Crippen molar-refractivity contribution in [1.29, 1.82) is 0 Å². The second-order valence-electron chi connectivity index (χ2n) is 6.62. The normalized spacial score (nSPS) is 13.8. The highest BCUT2D eigenvalue weighted by Gasteiger charge is 2.30. The molecule has 0 spiro atoms. The van der Waals surface area contributed by atoms with Crippen molar-refractivity contribution < 1.29 is 31.1 Å². The molecule has 162 valence electrons. The van der Waals surface area contributed by atoms with Crippen molar-refractivity contribution in [2.24, 2.45) is 5.14 Å². The zero-order chi connectivity index (χ0) is 22.5. The third kappa shape index (κ3) is 3.61. The van der Waals surface area contributed by atoms with E-state index in [0.29, 0.717) is 17.8 Å². The molecule has 31 heavy (non-hydrogen) atoms. The van der Waals surface area contributed by atoms with Crippen molar-refractivity contribution in [3.05, 3.63) is 47.4 Å². The molecule has 0 radical (unpaired) electrons. The quantitative estimate of drug-likeness (QED) is 0.615. The summed E-state index contributed by atoms with van der Waals surface area (Å²) in [5.41, 5.74) is -0.0883. The first kappa shape index (κ1) is 20.8. The van der Waals surface area contributed by atoms with Crippen molar-refractivity contribution in [3.63, 3.8) is 0 Å². The maximum atomic E-state index is 14.6. The molecule has 2 aromatic heterocycles. The van der Waals surface area contributed by atoms with Gasteiger partial charge in [0.05, 0.1) is 42.7 Å². The van der Waals surface area contributed by atoms with Crippen molar-refractivity contribution in [3.8, 4) is 5.88 Å². The molecule has 0 atom stereocenters. The number of sulfonamides is 1. The van der Waals surface area contributed by atoms with E-state index in [1.54, 1.807) is 0 Å². The van der Waals surface area contributed by atoms with E-state index < -0.39 is 50.4 Å². The van der Waals surface area contributed by atoms with E-state index in [1.807, 2.05) is 0 Å². The molecule has 1 amide bonds. The number of nitrogens with one attached hydrogen (secondary N) is 1. The Kier molecular flexibility index (Phi) is 4.94. The molecule has 0 fully saturated rings. The van der Waals surface area contributed by atoms with Crippen LogP contribution in [0.2, 0.25) is 0 Å². The first-order valence-electron chi connectivity index (χ1n) is 8.68. The van der Waals surface area contributed by atoms with E-state index in [9.17, 15) is 26.4 Å². The highest BCUT2D eigenvalue weighted by molar-refractivity contribution is 7.89. The number of rotatable bonds is 4. The van der Waals surface area contributed by atoms with Crippen LogP contribution in [0.1, 0.15) is 5.56 Å². The van der Waals surface area contributed by atoms with Crippen LogP contribution in [0.3, 0.4) is 0 Å². The summed E-state index contributed by atoms with van der Waals surface area (Å²) in [6, 6.07) is 2.19. The summed E-state index contributed by atoms with van der Waals surface area (Å²) >= 11 is 0. The van der Waals surface area contributed by atoms with Crippen molar-refractivity contribution in [2.45, 2.75) is 11.4 Å². The second-order valence-corrected chi connectivity index (χ2v) is 8.18. The number of aromatic nitrogens is 2. The lowest BCUT2D eigenvalue weighted by Crippen LogP contribution is -2.40. The maximum Gasteiger partial charge on any atom is 0.252 e. The molecule has 9 nitrogen and oxygen atoms in total. The molecule has 0 unspecified atom stereocenters. The molecule has 0 saturated carbocycles. The van der Waals surface area contributed by atoms with Gasteiger partial charge < -0.3 is 15.0 Å². The number of hydrogen-bond acceptors (Lipinski definition) is 7. The highest BCUT2D eigenvalue weighted by Crippen LogP contribution is 2.38. The Morgan fingerprint density at radius 2 is 1.87 bits per heavy atom. The number of hydrogen-bond donors (Lipinski definition) is 2. The van der Waals surface area contributed by atoms with Crippen LogP contribution in [-0.4, -0.2) is 37.9 Å². The van der Waals surface area contributed by atoms with Gasteiger partial charge in [-0.25, -0.2) is 31.7 Å². The highest BCUT2D eigenvalue weighted by atomic mass is 32.2. The first-order valence-corrected chi connectivity index (χ1v) is 10.2. The summed E-state index contributed by atoms with van der Waals surface area (Å²) in [7, 11) is -3.11. The van der Waals surface area contributed by atoms with Gasteiger partial charge in [0, 0.05) is 10.9 Å². The average molecular weight is 453 g/mol. The van der Waals surface area contributed by atoms with Gasteiger partial charge in [-0.2, -0.15) is 4.98 Å². The number of primary sulfonamides is 1. The molecular formula is C18H14F3N5O4S. The summed E-state index contributed by atoms with van der Waals surface area (Å²) in [5.74, 6) is -4.11. The Labute approximate surface area is 173 Å². The Hall–Kier alpha value is -3.45. The maximum absolute atomic E-state index is 14.6. The summed E-state index contributed by atoms with van der Waals surface area (Å²) in [5, 5.41) is 7.84. The fourth-order valence-corrected chi connectivity index (χ4v) is 3.78. The number of ether oxygens (including phenoxy) is 1. The number of anilines is 2. The average Bonchev–Trinajstić information content (AvgIpc) is 2.70. The van der Waals surface area contributed by atoms with E-state index in [1.165, 1.54) is 13.3 Å². The van der Waals surface area contributed by atoms with Gasteiger partial charge in [-0.3, -0.25) is 4.79 Å². The topological polar surface area (TPSA) is 128 Å². The number of fused-ring (bicyclic) bond motifs is 3. The minimum absolute atomic E-state index is 0.0454. The van der Waals surface area contributed by atoms with Gasteiger partial charge in [-0.05, 0) is 18.2 Å². The SMILES string of the molecule is COc1nc2ncc3c(c2cc1F)N(Cc1c(F)cc(S(N)(=O)=O)cc1F)C(=O)CN3. The zero-order valence-corrected chi connectivity index (χ0v) is 16.6. The molecule has 1 aromatic carbocycles. The number of methoxy groups -OCH3 is 1. The van der Waals surface area contributed by atoms with Crippen LogP contribution in [0.25, 0.3) is 11.0 Å². The minimum Gasteiger partial charge on any atom is -0.479 e. The number of nitrogens with zero attached hydrogens (tertiary/aromatic N) is 3. The lowest BCUT2D eigenvalue weighted by molar-refractivity contribution is -0.117. The number of carbonyl (C=O) groups is 1. The molecule has 1 aliphatic heterocycles. The zero-order valence-electron chi connectivity index (χ0n) is 15.8. The lowest BCUT2D eigenvalue weighted by atomic mass is 10.1. The largest absolute Gasteiger partial charge is 0.479 e.